The molecule has 3 aromatic rings. The van der Waals surface area contributed by atoms with Gasteiger partial charge >= 0.3 is 17.1 Å². The lowest BCUT2D eigenvalue weighted by atomic mass is 10.1. The average Bonchev–Trinajstić information content (AvgIpc) is 3.21. The molecular weight excluding hydrogens is 520 g/mol. The SMILES string of the molecule is CC(C)(C)OC(=O)Oc1ccc(CCN(CCc2ccc(CCO)cc2)C(=O)OC(C)(C)C)c2sc(=O)[nH]c12. The molecule has 0 saturated heterocycles. The number of aromatic amines is 1. The number of aliphatic hydroxyl groups is 1. The second-order valence-electron chi connectivity index (χ2n) is 11.3. The van der Waals surface area contributed by atoms with Crippen molar-refractivity contribution in [3.63, 3.8) is 0 Å². The van der Waals surface area contributed by atoms with Crippen molar-refractivity contribution in [1.82, 2.24) is 9.88 Å². The van der Waals surface area contributed by atoms with E-state index >= 15 is 0 Å². The van der Waals surface area contributed by atoms with Gasteiger partial charge in [0.25, 0.3) is 0 Å². The van der Waals surface area contributed by atoms with Crippen LogP contribution in [0.4, 0.5) is 9.59 Å². The molecule has 0 aliphatic carbocycles. The predicted octanol–water partition coefficient (Wildman–Crippen LogP) is 5.46. The minimum absolute atomic E-state index is 0.100. The molecule has 2 N–H and O–H groups in total. The van der Waals surface area contributed by atoms with Gasteiger partial charge in [-0.2, -0.15) is 0 Å². The van der Waals surface area contributed by atoms with Crippen molar-refractivity contribution in [2.24, 2.45) is 0 Å². The number of benzene rings is 2. The van der Waals surface area contributed by atoms with Gasteiger partial charge in [-0.1, -0.05) is 41.7 Å². The summed E-state index contributed by atoms with van der Waals surface area (Å²) in [5.41, 5.74) is 2.02. The van der Waals surface area contributed by atoms with Gasteiger partial charge in [-0.15, -0.1) is 0 Å². The zero-order valence-corrected chi connectivity index (χ0v) is 24.3. The molecule has 39 heavy (non-hydrogen) atoms. The Morgan fingerprint density at radius 2 is 1.46 bits per heavy atom. The number of rotatable bonds is 9. The Kier molecular flexibility index (Phi) is 9.79. The molecule has 0 aliphatic heterocycles. The summed E-state index contributed by atoms with van der Waals surface area (Å²) >= 11 is 1.02. The van der Waals surface area contributed by atoms with Gasteiger partial charge in [0, 0.05) is 19.7 Å². The van der Waals surface area contributed by atoms with E-state index in [4.69, 9.17) is 19.3 Å². The third-order valence-electron chi connectivity index (χ3n) is 5.60. The second-order valence-corrected chi connectivity index (χ2v) is 12.2. The summed E-state index contributed by atoms with van der Waals surface area (Å²) in [6.07, 6.45) is 0.429. The molecule has 212 valence electrons. The number of amides is 1. The van der Waals surface area contributed by atoms with E-state index in [0.717, 1.165) is 28.0 Å². The molecule has 2 aromatic carbocycles. The zero-order valence-electron chi connectivity index (χ0n) is 23.5. The highest BCUT2D eigenvalue weighted by Gasteiger charge is 2.24. The number of carbonyl (C=O) groups excluding carboxylic acids is 2. The van der Waals surface area contributed by atoms with Gasteiger partial charge in [-0.05, 0) is 83.6 Å². The molecule has 0 bridgehead atoms. The van der Waals surface area contributed by atoms with Crippen molar-refractivity contribution in [3.8, 4) is 5.75 Å². The van der Waals surface area contributed by atoms with E-state index in [-0.39, 0.29) is 17.2 Å². The first-order chi connectivity index (χ1) is 18.2. The van der Waals surface area contributed by atoms with Crippen LogP contribution in [-0.4, -0.2) is 58.1 Å². The first-order valence-electron chi connectivity index (χ1n) is 13.0. The topological polar surface area (TPSA) is 118 Å². The minimum Gasteiger partial charge on any atom is -0.444 e. The summed E-state index contributed by atoms with van der Waals surface area (Å²) in [6, 6.07) is 11.4. The van der Waals surface area contributed by atoms with E-state index < -0.39 is 23.5 Å². The van der Waals surface area contributed by atoms with E-state index in [9.17, 15) is 14.4 Å². The van der Waals surface area contributed by atoms with Crippen molar-refractivity contribution < 1.29 is 28.9 Å². The number of H-pyrrole nitrogens is 1. The maximum absolute atomic E-state index is 13.0. The number of hydrogen-bond acceptors (Lipinski definition) is 8. The Bertz CT molecular complexity index is 1330. The summed E-state index contributed by atoms with van der Waals surface area (Å²) in [5.74, 6) is 0.204. The summed E-state index contributed by atoms with van der Waals surface area (Å²) in [7, 11) is 0. The van der Waals surface area contributed by atoms with Crippen LogP contribution >= 0.6 is 11.3 Å². The van der Waals surface area contributed by atoms with E-state index in [1.807, 2.05) is 45.0 Å². The number of hydrogen-bond donors (Lipinski definition) is 2. The monoisotopic (exact) mass is 558 g/mol. The molecule has 1 aromatic heterocycles. The van der Waals surface area contributed by atoms with Gasteiger partial charge in [0.15, 0.2) is 5.75 Å². The highest BCUT2D eigenvalue weighted by molar-refractivity contribution is 7.16. The van der Waals surface area contributed by atoms with Crippen LogP contribution < -0.4 is 9.61 Å². The molecule has 0 unspecified atom stereocenters. The maximum atomic E-state index is 13.0. The Hall–Kier alpha value is -3.37. The third kappa shape index (κ3) is 9.40. The molecule has 0 fully saturated rings. The van der Waals surface area contributed by atoms with Crippen molar-refractivity contribution in [2.75, 3.05) is 19.7 Å². The highest BCUT2D eigenvalue weighted by Crippen LogP contribution is 2.30. The number of thiazole rings is 1. The number of fused-ring (bicyclic) bond motifs is 1. The fraction of sp³-hybridized carbons (Fsp3) is 0.483. The molecule has 1 heterocycles. The number of ether oxygens (including phenoxy) is 3. The van der Waals surface area contributed by atoms with Gasteiger partial charge < -0.3 is 29.2 Å². The molecule has 10 heteroatoms. The largest absolute Gasteiger partial charge is 0.514 e. The molecule has 0 spiro atoms. The molecule has 0 aliphatic rings. The smallest absolute Gasteiger partial charge is 0.444 e. The van der Waals surface area contributed by atoms with Gasteiger partial charge in [0.05, 0.1) is 4.70 Å². The minimum atomic E-state index is -0.857. The fourth-order valence-electron chi connectivity index (χ4n) is 3.85. The van der Waals surface area contributed by atoms with Gasteiger partial charge in [-0.3, -0.25) is 4.79 Å². The molecule has 0 atom stereocenters. The van der Waals surface area contributed by atoms with Crippen molar-refractivity contribution in [2.45, 2.75) is 72.0 Å². The quantitative estimate of drug-likeness (QED) is 0.264. The number of aliphatic hydroxyl groups excluding tert-OH is 1. The normalized spacial score (nSPS) is 11.9. The molecule has 9 nitrogen and oxygen atoms in total. The van der Waals surface area contributed by atoms with Crippen LogP contribution in [0.3, 0.4) is 0 Å². The van der Waals surface area contributed by atoms with Gasteiger partial charge in [0.2, 0.25) is 0 Å². The number of aromatic nitrogens is 1. The standard InChI is InChI=1S/C29H38N2O7S/c1-28(2,3)37-26(34)31(16-13-19-7-9-20(10-8-19)15-18-32)17-14-21-11-12-22(23-24(21)39-25(33)30-23)36-27(35)38-29(4,5)6/h7-12,32H,13-18H2,1-6H3,(H,30,33). The molecule has 0 saturated carbocycles. The molecule has 0 radical (unpaired) electrons. The Labute approximate surface area is 232 Å². The lowest BCUT2D eigenvalue weighted by Gasteiger charge is -2.27. The maximum Gasteiger partial charge on any atom is 0.514 e. The van der Waals surface area contributed by atoms with Crippen molar-refractivity contribution in [3.05, 3.63) is 62.8 Å². The summed E-state index contributed by atoms with van der Waals surface area (Å²) in [5, 5.41) is 9.13. The van der Waals surface area contributed by atoms with Crippen LogP contribution in [0.1, 0.15) is 58.2 Å². The lowest BCUT2D eigenvalue weighted by Crippen LogP contribution is -2.39. The third-order valence-corrected chi connectivity index (χ3v) is 6.56. The first kappa shape index (κ1) is 30.2. The molecule has 1 amide bonds. The molecular formula is C29H38N2O7S. The van der Waals surface area contributed by atoms with Crippen molar-refractivity contribution in [1.29, 1.82) is 0 Å². The summed E-state index contributed by atoms with van der Waals surface area (Å²) < 4.78 is 16.9. The number of carbonyl (C=O) groups is 2. The Balaban J connectivity index is 1.77. The van der Waals surface area contributed by atoms with E-state index in [1.54, 1.807) is 37.8 Å². The van der Waals surface area contributed by atoms with Gasteiger partial charge in [-0.25, -0.2) is 9.59 Å². The number of nitrogens with one attached hydrogen (secondary N) is 1. The van der Waals surface area contributed by atoms with E-state index in [2.05, 4.69) is 4.98 Å². The predicted molar refractivity (Wildman–Crippen MR) is 152 cm³/mol. The van der Waals surface area contributed by atoms with Gasteiger partial charge in [0.1, 0.15) is 16.7 Å². The molecule has 3 rings (SSSR count). The van der Waals surface area contributed by atoms with Crippen LogP contribution in [-0.2, 0) is 28.7 Å². The van der Waals surface area contributed by atoms with Crippen molar-refractivity contribution >= 4 is 33.8 Å². The second kappa shape index (κ2) is 12.7. The summed E-state index contributed by atoms with van der Waals surface area (Å²) in [6.45, 7) is 11.6. The highest BCUT2D eigenvalue weighted by atomic mass is 32.1. The van der Waals surface area contributed by atoms with Crippen LogP contribution in [0, 0.1) is 0 Å². The van der Waals surface area contributed by atoms with E-state index in [1.165, 1.54) is 0 Å². The zero-order chi connectivity index (χ0) is 28.8. The van der Waals surface area contributed by atoms with Crippen LogP contribution in [0.25, 0.3) is 10.2 Å². The fourth-order valence-corrected chi connectivity index (χ4v) is 4.74. The first-order valence-corrected chi connectivity index (χ1v) is 13.8. The Morgan fingerprint density at radius 1 is 0.872 bits per heavy atom. The average molecular weight is 559 g/mol. The number of nitrogens with zero attached hydrogens (tertiary/aromatic N) is 1. The van der Waals surface area contributed by atoms with Crippen LogP contribution in [0.15, 0.2) is 41.2 Å². The van der Waals surface area contributed by atoms with Crippen LogP contribution in [0.2, 0.25) is 0 Å². The Morgan fingerprint density at radius 3 is 2.05 bits per heavy atom. The van der Waals surface area contributed by atoms with Crippen LogP contribution in [0.5, 0.6) is 5.75 Å². The van der Waals surface area contributed by atoms with E-state index in [0.29, 0.717) is 42.6 Å². The summed E-state index contributed by atoms with van der Waals surface area (Å²) in [4.78, 5) is 41.6. The lowest BCUT2D eigenvalue weighted by molar-refractivity contribution is 0.0205.